The number of nitrogens with one attached hydrogen (secondary N) is 2. The lowest BCUT2D eigenvalue weighted by Gasteiger charge is -2.27. The Morgan fingerprint density at radius 2 is 2.13 bits per heavy atom. The predicted octanol–water partition coefficient (Wildman–Crippen LogP) is 1.74. The third kappa shape index (κ3) is 4.66. The fourth-order valence-corrected chi connectivity index (χ4v) is 4.04. The van der Waals surface area contributed by atoms with Gasteiger partial charge in [0.2, 0.25) is 5.91 Å². The Hall–Kier alpha value is -3.07. The molecule has 9 heteroatoms. The summed E-state index contributed by atoms with van der Waals surface area (Å²) in [5.41, 5.74) is 3.26. The Labute approximate surface area is 182 Å². The van der Waals surface area contributed by atoms with E-state index in [4.69, 9.17) is 22.3 Å². The molecule has 1 fully saturated rings. The minimum atomic E-state index is -0.712. The molecular formula is C22H25BN4O4. The molecule has 0 saturated carbocycles. The van der Waals surface area contributed by atoms with Gasteiger partial charge in [-0.15, -0.1) is 0 Å². The molecule has 31 heavy (non-hydrogen) atoms. The van der Waals surface area contributed by atoms with Crippen molar-refractivity contribution in [1.29, 1.82) is 0 Å². The number of carbonyl (C=O) groups is 2. The molecular weight excluding hydrogens is 395 g/mol. The van der Waals surface area contributed by atoms with Crippen molar-refractivity contribution in [2.24, 2.45) is 0 Å². The molecule has 2 unspecified atom stereocenters. The monoisotopic (exact) mass is 420 g/mol. The van der Waals surface area contributed by atoms with Crippen molar-refractivity contribution in [2.75, 3.05) is 20.3 Å². The van der Waals surface area contributed by atoms with E-state index in [1.165, 1.54) is 7.11 Å². The number of ether oxygens (including phenoxy) is 2. The van der Waals surface area contributed by atoms with Gasteiger partial charge >= 0.3 is 6.09 Å². The van der Waals surface area contributed by atoms with E-state index in [0.717, 1.165) is 35.6 Å². The molecule has 8 nitrogen and oxygen atoms in total. The van der Waals surface area contributed by atoms with E-state index in [1.54, 1.807) is 4.90 Å². The zero-order valence-electron chi connectivity index (χ0n) is 17.5. The Balaban J connectivity index is 1.69. The number of aromatic amines is 1. The molecule has 2 aliphatic heterocycles. The molecule has 2 bridgehead atoms. The first kappa shape index (κ1) is 21.2. The first-order valence-corrected chi connectivity index (χ1v) is 10.4. The summed E-state index contributed by atoms with van der Waals surface area (Å²) in [6.45, 7) is 1.35. The number of imidazole rings is 1. The molecule has 2 amide bonds. The fourth-order valence-electron chi connectivity index (χ4n) is 4.04. The van der Waals surface area contributed by atoms with Crippen molar-refractivity contribution in [1.82, 2.24) is 20.2 Å². The maximum Gasteiger partial charge on any atom is 0.407 e. The van der Waals surface area contributed by atoms with E-state index >= 15 is 0 Å². The number of hydrogen-bond acceptors (Lipinski definition) is 5. The summed E-state index contributed by atoms with van der Waals surface area (Å²) in [6.07, 6.45) is 5.08. The molecule has 2 aliphatic rings. The summed E-state index contributed by atoms with van der Waals surface area (Å²) in [5.74, 6) is 0.574. The molecule has 3 heterocycles. The number of alkyl carbamates (subject to hydrolysis) is 1. The van der Waals surface area contributed by atoms with E-state index in [2.05, 4.69) is 10.3 Å². The van der Waals surface area contributed by atoms with Crippen LogP contribution >= 0.6 is 0 Å². The van der Waals surface area contributed by atoms with E-state index in [1.807, 2.05) is 36.4 Å². The Bertz CT molecular complexity index is 972. The second-order valence-corrected chi connectivity index (χ2v) is 7.67. The van der Waals surface area contributed by atoms with E-state index in [-0.39, 0.29) is 11.9 Å². The van der Waals surface area contributed by atoms with Crippen molar-refractivity contribution < 1.29 is 19.1 Å². The molecule has 0 spiro atoms. The van der Waals surface area contributed by atoms with Crippen LogP contribution in [0.1, 0.15) is 36.8 Å². The van der Waals surface area contributed by atoms with Crippen LogP contribution in [0.3, 0.4) is 0 Å². The number of amides is 2. The van der Waals surface area contributed by atoms with Crippen LogP contribution in [0.4, 0.5) is 4.79 Å². The van der Waals surface area contributed by atoms with Crippen molar-refractivity contribution in [3.63, 3.8) is 0 Å². The second-order valence-electron chi connectivity index (χ2n) is 7.67. The predicted molar refractivity (Wildman–Crippen MR) is 116 cm³/mol. The lowest BCUT2D eigenvalue weighted by Crippen LogP contribution is -2.48. The standard InChI is InChI=1S/C22H25BN4O4/c1-30-22(29)25-16-5-2-3-12-31-13-17-19(14-7-9-15(23)10-8-14)26-20(24-17)18-6-4-11-27(18)21(16)28/h2-3,7-10,16,18H,4-6,11-13H2,1H3,(H,24,26)(H,25,29)/b3-2+. The fraction of sp³-hybridized carbons (Fsp3) is 0.409. The van der Waals surface area contributed by atoms with Gasteiger partial charge in [-0.1, -0.05) is 41.9 Å². The number of rotatable bonds is 2. The van der Waals surface area contributed by atoms with Gasteiger partial charge in [0.1, 0.15) is 19.7 Å². The van der Waals surface area contributed by atoms with Crippen LogP contribution in [0.2, 0.25) is 0 Å². The summed E-state index contributed by atoms with van der Waals surface area (Å²) in [6, 6.07) is 6.62. The van der Waals surface area contributed by atoms with Gasteiger partial charge < -0.3 is 24.7 Å². The Morgan fingerprint density at radius 3 is 2.90 bits per heavy atom. The molecule has 1 aromatic carbocycles. The van der Waals surface area contributed by atoms with Gasteiger partial charge in [-0.05, 0) is 19.3 Å². The van der Waals surface area contributed by atoms with Gasteiger partial charge in [0, 0.05) is 12.1 Å². The van der Waals surface area contributed by atoms with Crippen LogP contribution in [0, 0.1) is 0 Å². The van der Waals surface area contributed by atoms with Crippen molar-refractivity contribution in [3.05, 3.63) is 47.9 Å². The molecule has 2 radical (unpaired) electrons. The topological polar surface area (TPSA) is 96.5 Å². The molecule has 2 aromatic rings. The van der Waals surface area contributed by atoms with Gasteiger partial charge in [-0.2, -0.15) is 0 Å². The number of carbonyl (C=O) groups excluding carboxylic acids is 2. The maximum atomic E-state index is 13.3. The largest absolute Gasteiger partial charge is 0.453 e. The summed E-state index contributed by atoms with van der Waals surface area (Å²) in [5, 5.41) is 2.65. The average Bonchev–Trinajstić information content (AvgIpc) is 3.42. The highest BCUT2D eigenvalue weighted by Gasteiger charge is 2.36. The highest BCUT2D eigenvalue weighted by atomic mass is 16.5. The lowest BCUT2D eigenvalue weighted by atomic mass is 9.94. The van der Waals surface area contributed by atoms with Crippen LogP contribution < -0.4 is 10.8 Å². The van der Waals surface area contributed by atoms with E-state index in [0.29, 0.717) is 31.6 Å². The summed E-state index contributed by atoms with van der Waals surface area (Å²) in [7, 11) is 7.12. The first-order chi connectivity index (χ1) is 15.1. The SMILES string of the molecule is [B]c1ccc(-c2nc3[nH]c2COC/C=C/CC(NC(=O)OC)C(=O)N2CCCC32)cc1. The molecule has 160 valence electrons. The van der Waals surface area contributed by atoms with Crippen molar-refractivity contribution in [3.8, 4) is 11.3 Å². The van der Waals surface area contributed by atoms with Crippen molar-refractivity contribution >= 4 is 25.3 Å². The van der Waals surface area contributed by atoms with Gasteiger partial charge in [0.05, 0.1) is 37.8 Å². The lowest BCUT2D eigenvalue weighted by molar-refractivity contribution is -0.134. The smallest absolute Gasteiger partial charge is 0.407 e. The Morgan fingerprint density at radius 1 is 1.32 bits per heavy atom. The van der Waals surface area contributed by atoms with Crippen LogP contribution in [0.25, 0.3) is 11.3 Å². The summed E-state index contributed by atoms with van der Waals surface area (Å²) in [4.78, 5) is 35.2. The van der Waals surface area contributed by atoms with Crippen LogP contribution in [0.15, 0.2) is 36.4 Å². The molecule has 4 rings (SSSR count). The number of nitrogens with zero attached hydrogens (tertiary/aromatic N) is 2. The van der Waals surface area contributed by atoms with E-state index in [9.17, 15) is 9.59 Å². The summed E-state index contributed by atoms with van der Waals surface area (Å²) >= 11 is 0. The van der Waals surface area contributed by atoms with Crippen LogP contribution in [-0.4, -0.2) is 61.0 Å². The maximum absolute atomic E-state index is 13.3. The van der Waals surface area contributed by atoms with Crippen LogP contribution in [-0.2, 0) is 20.9 Å². The normalized spacial score (nSPS) is 22.6. The molecule has 2 atom stereocenters. The van der Waals surface area contributed by atoms with Crippen molar-refractivity contribution in [2.45, 2.75) is 38.0 Å². The average molecular weight is 420 g/mol. The number of H-pyrrole nitrogens is 1. The molecule has 1 aromatic heterocycles. The number of hydrogen-bond donors (Lipinski definition) is 2. The Kier molecular flexibility index (Phi) is 6.41. The zero-order valence-corrected chi connectivity index (χ0v) is 17.5. The first-order valence-electron chi connectivity index (χ1n) is 10.4. The second kappa shape index (κ2) is 9.39. The number of aromatic nitrogens is 2. The van der Waals surface area contributed by atoms with Gasteiger partial charge in [-0.3, -0.25) is 4.79 Å². The minimum Gasteiger partial charge on any atom is -0.453 e. The van der Waals surface area contributed by atoms with Gasteiger partial charge in [-0.25, -0.2) is 9.78 Å². The number of benzene rings is 1. The molecule has 0 aliphatic carbocycles. The molecule has 1 saturated heterocycles. The van der Waals surface area contributed by atoms with Gasteiger partial charge in [0.25, 0.3) is 0 Å². The minimum absolute atomic E-state index is 0.148. The quantitative estimate of drug-likeness (QED) is 0.570. The summed E-state index contributed by atoms with van der Waals surface area (Å²) < 4.78 is 10.5. The third-order valence-corrected chi connectivity index (χ3v) is 5.61. The molecule has 2 N–H and O–H groups in total. The highest BCUT2D eigenvalue weighted by Crippen LogP contribution is 2.34. The highest BCUT2D eigenvalue weighted by molar-refractivity contribution is 6.32. The number of methoxy groups -OCH3 is 1. The van der Waals surface area contributed by atoms with Crippen LogP contribution in [0.5, 0.6) is 0 Å². The zero-order chi connectivity index (χ0) is 21.8. The third-order valence-electron chi connectivity index (χ3n) is 5.61. The van der Waals surface area contributed by atoms with Gasteiger partial charge in [0.15, 0.2) is 0 Å². The van der Waals surface area contributed by atoms with E-state index < -0.39 is 12.1 Å². The number of fused-ring (bicyclic) bond motifs is 4.